The Hall–Kier alpha value is -0.821. The molecule has 2 saturated heterocycles. The van der Waals surface area contributed by atoms with Crippen LogP contribution < -0.4 is 5.32 Å². The summed E-state index contributed by atoms with van der Waals surface area (Å²) in [7, 11) is 0. The van der Waals surface area contributed by atoms with E-state index in [9.17, 15) is 10.2 Å². The number of hydrogen-bond acceptors (Lipinski definition) is 5. The molecule has 3 aliphatic heterocycles. The maximum absolute atomic E-state index is 9.88. The van der Waals surface area contributed by atoms with Gasteiger partial charge in [0.1, 0.15) is 6.23 Å². The molecule has 4 heterocycles. The standard InChI is InChI=1S/C19H24N2OS.C13H26O2.Ir/c1-11-5-6-14-13-3-2-4-15(18(13)22-19(14)21-11)16-9-12-7-8-23-17(12)10-20-16;1-5-10(6-2)12(14)9-13(15)11(7-3)8-4;/h4,7-8,11,13-14,16,19,21H,2-3,5-6,9-10H2,1H3;9-12,14-15H,5-8H2,1-4H3;/q-2;;/b;13-9-;/t11-,13+,14?,16-,19+;12-;/m11./s1/i1D3;;. The maximum Gasteiger partial charge on any atom is 0.131 e. The van der Waals surface area contributed by atoms with Gasteiger partial charge in [0.05, 0.1) is 11.9 Å². The van der Waals surface area contributed by atoms with Gasteiger partial charge in [0.15, 0.2) is 0 Å². The molecule has 1 radical (unpaired) electrons. The molecule has 1 aromatic heterocycles. The zero-order valence-electron chi connectivity index (χ0n) is 27.0. The molecule has 6 atom stereocenters. The third-order valence-electron chi connectivity index (χ3n) is 9.12. The zero-order valence-corrected chi connectivity index (χ0v) is 27.2. The molecule has 5 nitrogen and oxygen atoms in total. The number of fused-ring (bicyclic) bond motifs is 4. The first-order chi connectivity index (χ1) is 19.6. The molecule has 2 fully saturated rings. The van der Waals surface area contributed by atoms with E-state index in [2.05, 4.69) is 50.9 Å². The number of nitrogens with zero attached hydrogens (tertiary/aromatic N) is 1. The summed E-state index contributed by atoms with van der Waals surface area (Å²) in [6.45, 7) is 7.10. The largest absolute Gasteiger partial charge is 0.653 e. The van der Waals surface area contributed by atoms with Gasteiger partial charge >= 0.3 is 0 Å². The van der Waals surface area contributed by atoms with Crippen LogP contribution in [0.25, 0.3) is 5.32 Å². The van der Waals surface area contributed by atoms with Crippen molar-refractivity contribution in [2.24, 2.45) is 23.7 Å². The van der Waals surface area contributed by atoms with Crippen LogP contribution in [0.15, 0.2) is 34.6 Å². The Balaban J connectivity index is 0.000000263. The second kappa shape index (κ2) is 15.4. The molecule has 1 aliphatic carbocycles. The van der Waals surface area contributed by atoms with E-state index in [0.717, 1.165) is 63.7 Å². The molecule has 1 aromatic rings. The summed E-state index contributed by atoms with van der Waals surface area (Å²) in [6, 6.07) is 1.96. The van der Waals surface area contributed by atoms with Crippen LogP contribution in [0, 0.1) is 30.1 Å². The number of piperidine rings is 1. The fraction of sp³-hybridized carbons (Fsp3) is 0.719. The van der Waals surface area contributed by atoms with Crippen LogP contribution >= 0.6 is 11.3 Å². The molecular weight excluding hydrogens is 685 g/mol. The summed E-state index contributed by atoms with van der Waals surface area (Å²) in [5, 5.41) is 30.1. The fourth-order valence-corrected chi connectivity index (χ4v) is 7.45. The minimum absolute atomic E-state index is 0. The van der Waals surface area contributed by atoms with E-state index in [-0.39, 0.29) is 44.2 Å². The van der Waals surface area contributed by atoms with Crippen molar-refractivity contribution in [3.8, 4) is 0 Å². The number of aliphatic hydroxyl groups is 2. The molecule has 0 spiro atoms. The van der Waals surface area contributed by atoms with Gasteiger partial charge in [0, 0.05) is 42.1 Å². The first kappa shape index (κ1) is 28.3. The van der Waals surface area contributed by atoms with Gasteiger partial charge < -0.3 is 20.3 Å². The van der Waals surface area contributed by atoms with Gasteiger partial charge in [-0.1, -0.05) is 47.0 Å². The number of rotatable bonds is 8. The quantitative estimate of drug-likeness (QED) is 0.188. The predicted octanol–water partition coefficient (Wildman–Crippen LogP) is 7.82. The van der Waals surface area contributed by atoms with Crippen molar-refractivity contribution in [3.05, 3.63) is 56.8 Å². The predicted molar refractivity (Wildman–Crippen MR) is 158 cm³/mol. The summed E-state index contributed by atoms with van der Waals surface area (Å²) in [4.78, 5) is 1.39. The van der Waals surface area contributed by atoms with Gasteiger partial charge in [-0.15, -0.1) is 19.0 Å². The first-order valence-corrected chi connectivity index (χ1v) is 15.8. The summed E-state index contributed by atoms with van der Waals surface area (Å²) >= 11 is 1.80. The molecule has 7 heteroatoms. The number of thiophene rings is 1. The van der Waals surface area contributed by atoms with E-state index < -0.39 is 19.0 Å². The molecule has 4 aliphatic rings. The third-order valence-corrected chi connectivity index (χ3v) is 10.1. The number of allylic oxidation sites excluding steroid dienone is 2. The summed E-state index contributed by atoms with van der Waals surface area (Å²) in [5.41, 5.74) is 2.69. The molecular formula is C32H50IrN2O3S-2. The molecule has 223 valence electrons. The van der Waals surface area contributed by atoms with Crippen molar-refractivity contribution in [1.29, 1.82) is 0 Å². The Bertz CT molecular complexity index is 1050. The Morgan fingerprint density at radius 1 is 1.23 bits per heavy atom. The second-order valence-electron chi connectivity index (χ2n) is 11.3. The van der Waals surface area contributed by atoms with Gasteiger partial charge in [-0.3, -0.25) is 5.32 Å². The Morgan fingerprint density at radius 2 is 2.00 bits per heavy atom. The molecule has 0 bridgehead atoms. The fourth-order valence-electron chi connectivity index (χ4n) is 6.60. The summed E-state index contributed by atoms with van der Waals surface area (Å²) in [6.07, 6.45) is 11.8. The van der Waals surface area contributed by atoms with Crippen molar-refractivity contribution in [3.63, 3.8) is 0 Å². The summed E-state index contributed by atoms with van der Waals surface area (Å²) < 4.78 is 29.5. The van der Waals surface area contributed by atoms with Crippen LogP contribution in [-0.4, -0.2) is 34.6 Å². The minimum Gasteiger partial charge on any atom is -0.653 e. The second-order valence-corrected chi connectivity index (χ2v) is 12.3. The molecule has 0 saturated carbocycles. The Labute approximate surface area is 258 Å². The van der Waals surface area contributed by atoms with E-state index in [1.807, 2.05) is 0 Å². The van der Waals surface area contributed by atoms with E-state index in [0.29, 0.717) is 24.0 Å². The van der Waals surface area contributed by atoms with Gasteiger partial charge in [-0.05, 0) is 84.5 Å². The van der Waals surface area contributed by atoms with Crippen molar-refractivity contribution in [2.75, 3.05) is 0 Å². The number of aliphatic hydroxyl groups excluding tert-OH is 2. The molecule has 0 aromatic carbocycles. The monoisotopic (exact) mass is 738 g/mol. The number of nitrogens with one attached hydrogen (secondary N) is 1. The van der Waals surface area contributed by atoms with Gasteiger partial charge in [-0.2, -0.15) is 16.9 Å². The minimum atomic E-state index is -1.96. The average molecular weight is 738 g/mol. The van der Waals surface area contributed by atoms with Crippen LogP contribution in [0.5, 0.6) is 0 Å². The number of ether oxygens (including phenoxy) is 1. The first-order valence-electron chi connectivity index (χ1n) is 16.4. The van der Waals surface area contributed by atoms with Crippen molar-refractivity contribution in [2.45, 2.75) is 123 Å². The smallest absolute Gasteiger partial charge is 0.131 e. The Morgan fingerprint density at radius 3 is 2.69 bits per heavy atom. The van der Waals surface area contributed by atoms with Crippen LogP contribution in [0.2, 0.25) is 0 Å². The van der Waals surface area contributed by atoms with Crippen LogP contribution in [-0.2, 0) is 37.8 Å². The van der Waals surface area contributed by atoms with Crippen LogP contribution in [0.3, 0.4) is 0 Å². The van der Waals surface area contributed by atoms with Crippen molar-refractivity contribution >= 4 is 11.3 Å². The third kappa shape index (κ3) is 7.72. The number of hydrogen-bond donors (Lipinski definition) is 3. The van der Waals surface area contributed by atoms with Gasteiger partial charge in [-0.25, -0.2) is 6.42 Å². The van der Waals surface area contributed by atoms with E-state index in [1.165, 1.54) is 16.0 Å². The van der Waals surface area contributed by atoms with Crippen LogP contribution in [0.4, 0.5) is 0 Å². The molecule has 1 unspecified atom stereocenters. The zero-order chi connectivity index (χ0) is 29.7. The normalized spacial score (nSPS) is 30.3. The van der Waals surface area contributed by atoms with Crippen molar-refractivity contribution in [1.82, 2.24) is 5.32 Å². The molecule has 5 rings (SSSR count). The molecule has 0 amide bonds. The van der Waals surface area contributed by atoms with E-state index in [1.54, 1.807) is 17.4 Å². The van der Waals surface area contributed by atoms with Crippen LogP contribution in [0.1, 0.15) is 100 Å². The van der Waals surface area contributed by atoms with Gasteiger partial charge in [0.2, 0.25) is 0 Å². The molecule has 39 heavy (non-hydrogen) atoms. The average Bonchev–Trinajstić information content (AvgIpc) is 3.58. The summed E-state index contributed by atoms with van der Waals surface area (Å²) in [5.74, 6) is 2.74. The van der Waals surface area contributed by atoms with E-state index in [4.69, 9.17) is 14.2 Å². The van der Waals surface area contributed by atoms with E-state index >= 15 is 0 Å². The molecule has 3 N–H and O–H groups in total. The Kier molecular flexibility index (Phi) is 11.2. The van der Waals surface area contributed by atoms with Crippen molar-refractivity contribution < 1.29 is 39.2 Å². The topological polar surface area (TPSA) is 75.8 Å². The SMILES string of the molecule is CCC(CC)/C(O)=C/[C@@H](O)C(CC)CC.[2H]C([2H])([2H])[C@@H]1CCC2[C@@H]3CC[CH-]C([C@H]4Cc5ccsc5C[N-]4)=C3O[C@@H]2N1.[Ir]. The van der Waals surface area contributed by atoms with Gasteiger partial charge in [0.25, 0.3) is 0 Å². The maximum atomic E-state index is 9.88.